The monoisotopic (exact) mass is 168 g/mol. The van der Waals surface area contributed by atoms with Crippen molar-refractivity contribution < 1.29 is 9.90 Å². The van der Waals surface area contributed by atoms with Gasteiger partial charge in [-0.25, -0.2) is 4.79 Å². The van der Waals surface area contributed by atoms with Gasteiger partial charge in [-0.3, -0.25) is 5.41 Å². The second kappa shape index (κ2) is 3.90. The molecule has 3 N–H and O–H groups in total. The van der Waals surface area contributed by atoms with Crippen molar-refractivity contribution in [3.8, 4) is 0 Å². The van der Waals surface area contributed by atoms with Crippen molar-refractivity contribution in [2.75, 3.05) is 6.54 Å². The van der Waals surface area contributed by atoms with Crippen molar-refractivity contribution in [3.05, 3.63) is 11.8 Å². The van der Waals surface area contributed by atoms with E-state index in [0.717, 1.165) is 31.5 Å². The fourth-order valence-corrected chi connectivity index (χ4v) is 1.14. The summed E-state index contributed by atoms with van der Waals surface area (Å²) in [7, 11) is 0. The van der Waals surface area contributed by atoms with Crippen LogP contribution in [0.4, 0.5) is 0 Å². The van der Waals surface area contributed by atoms with Gasteiger partial charge in [0.2, 0.25) is 0 Å². The van der Waals surface area contributed by atoms with E-state index in [1.165, 1.54) is 6.08 Å². The predicted molar refractivity (Wildman–Crippen MR) is 45.3 cm³/mol. The van der Waals surface area contributed by atoms with Crippen molar-refractivity contribution in [1.29, 1.82) is 5.41 Å². The van der Waals surface area contributed by atoms with Gasteiger partial charge in [0.1, 0.15) is 5.71 Å². The fourth-order valence-electron chi connectivity index (χ4n) is 1.14. The molecule has 1 aliphatic rings. The largest absolute Gasteiger partial charge is 0.477 e. The number of piperidine rings is 1. The minimum Gasteiger partial charge on any atom is -0.477 e. The third-order valence-electron chi connectivity index (χ3n) is 1.77. The van der Waals surface area contributed by atoms with E-state index in [9.17, 15) is 4.79 Å². The Morgan fingerprint density at radius 2 is 2.33 bits per heavy atom. The Morgan fingerprint density at radius 1 is 1.58 bits per heavy atom. The normalized spacial score (nSPS) is 20.2. The summed E-state index contributed by atoms with van der Waals surface area (Å²) in [4.78, 5) is 10.3. The van der Waals surface area contributed by atoms with Crippen LogP contribution in [0.25, 0.3) is 0 Å². The number of nitrogens with one attached hydrogen (secondary N) is 2. The van der Waals surface area contributed by atoms with Crippen LogP contribution in [0.1, 0.15) is 19.3 Å². The van der Waals surface area contributed by atoms with E-state index in [4.69, 9.17) is 10.5 Å². The van der Waals surface area contributed by atoms with Crippen molar-refractivity contribution in [3.63, 3.8) is 0 Å². The topological polar surface area (TPSA) is 73.2 Å². The summed E-state index contributed by atoms with van der Waals surface area (Å²) in [5, 5.41) is 18.5. The first-order valence-corrected chi connectivity index (χ1v) is 3.96. The first-order chi connectivity index (χ1) is 5.70. The van der Waals surface area contributed by atoms with Crippen molar-refractivity contribution in [2.45, 2.75) is 19.3 Å². The van der Waals surface area contributed by atoms with Gasteiger partial charge in [0, 0.05) is 12.2 Å². The van der Waals surface area contributed by atoms with Crippen LogP contribution < -0.4 is 5.32 Å². The minimum absolute atomic E-state index is 0.348. The molecule has 0 atom stereocenters. The van der Waals surface area contributed by atoms with Crippen LogP contribution in [0.15, 0.2) is 11.8 Å². The zero-order valence-electron chi connectivity index (χ0n) is 6.76. The van der Waals surface area contributed by atoms with Crippen LogP contribution in [-0.2, 0) is 4.79 Å². The summed E-state index contributed by atoms with van der Waals surface area (Å²) in [6.07, 6.45) is 4.45. The van der Waals surface area contributed by atoms with Crippen LogP contribution in [0.3, 0.4) is 0 Å². The minimum atomic E-state index is -1.17. The van der Waals surface area contributed by atoms with E-state index in [1.807, 2.05) is 0 Å². The Kier molecular flexibility index (Phi) is 2.85. The molecule has 0 unspecified atom stereocenters. The number of hydrogen-bond donors (Lipinski definition) is 3. The van der Waals surface area contributed by atoms with Crippen LogP contribution in [0.5, 0.6) is 0 Å². The fraction of sp³-hybridized carbons (Fsp3) is 0.500. The number of carbonyl (C=O) groups is 1. The van der Waals surface area contributed by atoms with Gasteiger partial charge in [0.05, 0.1) is 0 Å². The van der Waals surface area contributed by atoms with E-state index in [-0.39, 0.29) is 5.71 Å². The second-order valence-electron chi connectivity index (χ2n) is 2.77. The molecule has 1 saturated heterocycles. The van der Waals surface area contributed by atoms with Gasteiger partial charge in [0.25, 0.3) is 0 Å². The van der Waals surface area contributed by atoms with Crippen LogP contribution >= 0.6 is 0 Å². The van der Waals surface area contributed by atoms with Gasteiger partial charge in [-0.1, -0.05) is 0 Å². The highest BCUT2D eigenvalue weighted by molar-refractivity contribution is 6.39. The lowest BCUT2D eigenvalue weighted by atomic mass is 10.1. The zero-order chi connectivity index (χ0) is 8.97. The standard InChI is InChI=1S/C8H12N2O2/c9-7(8(11)12)5-6-3-1-2-4-10-6/h5,9-10H,1-4H2,(H,11,12)/b6-5-,9-7?. The quantitative estimate of drug-likeness (QED) is 0.532. The summed E-state index contributed by atoms with van der Waals surface area (Å²) in [6.45, 7) is 0.888. The summed E-state index contributed by atoms with van der Waals surface area (Å²) in [6, 6.07) is 0. The third kappa shape index (κ3) is 2.38. The van der Waals surface area contributed by atoms with Crippen LogP contribution in [-0.4, -0.2) is 23.3 Å². The number of hydrogen-bond acceptors (Lipinski definition) is 3. The highest BCUT2D eigenvalue weighted by Gasteiger charge is 2.08. The molecule has 0 aromatic rings. The Bertz CT molecular complexity index is 225. The molecule has 0 spiro atoms. The average molecular weight is 168 g/mol. The first-order valence-electron chi connectivity index (χ1n) is 3.96. The highest BCUT2D eigenvalue weighted by atomic mass is 16.4. The molecule has 1 rings (SSSR count). The Morgan fingerprint density at radius 3 is 2.83 bits per heavy atom. The SMILES string of the molecule is N=C(/C=C1/CCCCN1)C(=O)O. The molecule has 66 valence electrons. The molecule has 1 fully saturated rings. The maximum atomic E-state index is 10.3. The van der Waals surface area contributed by atoms with E-state index in [1.54, 1.807) is 0 Å². The second-order valence-corrected chi connectivity index (χ2v) is 2.77. The summed E-state index contributed by atoms with van der Waals surface area (Å²) >= 11 is 0. The molecule has 0 aromatic heterocycles. The summed E-state index contributed by atoms with van der Waals surface area (Å²) in [5.41, 5.74) is 0.521. The molecule has 0 amide bonds. The average Bonchev–Trinajstić information content (AvgIpc) is 2.06. The van der Waals surface area contributed by atoms with Gasteiger partial charge in [-0.05, 0) is 25.3 Å². The number of aliphatic carboxylic acids is 1. The number of rotatable bonds is 2. The summed E-state index contributed by atoms with van der Waals surface area (Å²) < 4.78 is 0. The van der Waals surface area contributed by atoms with Crippen LogP contribution in [0, 0.1) is 5.41 Å². The lowest BCUT2D eigenvalue weighted by Crippen LogP contribution is -2.22. The highest BCUT2D eigenvalue weighted by Crippen LogP contribution is 2.09. The molecule has 4 heteroatoms. The van der Waals surface area contributed by atoms with Gasteiger partial charge in [-0.2, -0.15) is 0 Å². The van der Waals surface area contributed by atoms with E-state index in [2.05, 4.69) is 5.32 Å². The number of allylic oxidation sites excluding steroid dienone is 1. The number of carboxylic acids is 1. The molecule has 0 radical (unpaired) electrons. The smallest absolute Gasteiger partial charge is 0.353 e. The van der Waals surface area contributed by atoms with Crippen LogP contribution in [0.2, 0.25) is 0 Å². The maximum absolute atomic E-state index is 10.3. The van der Waals surface area contributed by atoms with Gasteiger partial charge < -0.3 is 10.4 Å². The van der Waals surface area contributed by atoms with Gasteiger partial charge in [-0.15, -0.1) is 0 Å². The van der Waals surface area contributed by atoms with Crippen molar-refractivity contribution >= 4 is 11.7 Å². The lowest BCUT2D eigenvalue weighted by Gasteiger charge is -2.15. The van der Waals surface area contributed by atoms with Gasteiger partial charge in [0.15, 0.2) is 0 Å². The molecule has 4 nitrogen and oxygen atoms in total. The maximum Gasteiger partial charge on any atom is 0.353 e. The summed E-state index contributed by atoms with van der Waals surface area (Å²) in [5.74, 6) is -1.17. The molecule has 0 bridgehead atoms. The van der Waals surface area contributed by atoms with Gasteiger partial charge >= 0.3 is 5.97 Å². The van der Waals surface area contributed by atoms with Crippen molar-refractivity contribution in [2.24, 2.45) is 0 Å². The Labute approximate surface area is 70.8 Å². The first kappa shape index (κ1) is 8.77. The Hall–Kier alpha value is -1.32. The van der Waals surface area contributed by atoms with Crippen molar-refractivity contribution in [1.82, 2.24) is 5.32 Å². The molecule has 0 saturated carbocycles. The molecule has 0 aliphatic carbocycles. The van der Waals surface area contributed by atoms with E-state index in [0.29, 0.717) is 0 Å². The predicted octanol–water partition coefficient (Wildman–Crippen LogP) is 0.748. The zero-order valence-corrected chi connectivity index (χ0v) is 6.76. The Balaban J connectivity index is 2.54. The molecule has 12 heavy (non-hydrogen) atoms. The number of carboxylic acid groups (broad SMARTS) is 1. The molecule has 1 heterocycles. The van der Waals surface area contributed by atoms with E-state index < -0.39 is 5.97 Å². The molecule has 0 aromatic carbocycles. The third-order valence-corrected chi connectivity index (χ3v) is 1.77. The molecular weight excluding hydrogens is 156 g/mol. The molecular formula is C8H12N2O2. The van der Waals surface area contributed by atoms with E-state index >= 15 is 0 Å². The lowest BCUT2D eigenvalue weighted by molar-refractivity contribution is -0.129. The molecule has 1 aliphatic heterocycles.